The van der Waals surface area contributed by atoms with Crippen molar-refractivity contribution >= 4 is 0 Å². The molecule has 3 unspecified atom stereocenters. The molecular weight excluding hydrogens is 182 g/mol. The number of ether oxygens (including phenoxy) is 1. The van der Waals surface area contributed by atoms with E-state index in [1.54, 1.807) is 0 Å². The molecule has 4 heteroatoms. The Labute approximate surface area is 85.3 Å². The minimum absolute atomic E-state index is 0.173. The Hall–Kier alpha value is -0.160. The van der Waals surface area contributed by atoms with Crippen LogP contribution in [-0.4, -0.2) is 48.2 Å². The third kappa shape index (κ3) is 3.92. The van der Waals surface area contributed by atoms with E-state index in [9.17, 15) is 0 Å². The van der Waals surface area contributed by atoms with E-state index in [1.807, 2.05) is 0 Å². The van der Waals surface area contributed by atoms with Crippen LogP contribution in [0.25, 0.3) is 0 Å². The smallest absolute Gasteiger partial charge is 0.0895 e. The van der Waals surface area contributed by atoms with E-state index in [2.05, 4.69) is 12.2 Å². The molecule has 0 amide bonds. The highest BCUT2D eigenvalue weighted by Crippen LogP contribution is 2.15. The van der Waals surface area contributed by atoms with Gasteiger partial charge in [0.1, 0.15) is 0 Å². The highest BCUT2D eigenvalue weighted by Gasteiger charge is 2.21. The molecule has 1 aliphatic heterocycles. The Morgan fingerprint density at radius 1 is 1.57 bits per heavy atom. The topological polar surface area (TPSA) is 61.7 Å². The fourth-order valence-electron chi connectivity index (χ4n) is 1.72. The molecule has 1 aliphatic rings. The van der Waals surface area contributed by atoms with Crippen molar-refractivity contribution in [1.82, 2.24) is 5.32 Å². The SMILES string of the molecule is CCC1CC(NCC(O)CO)CCO1. The van der Waals surface area contributed by atoms with Crippen LogP contribution in [0.2, 0.25) is 0 Å². The second-order valence-corrected chi connectivity index (χ2v) is 3.87. The first-order valence-corrected chi connectivity index (χ1v) is 5.40. The van der Waals surface area contributed by atoms with Crippen LogP contribution in [0.4, 0.5) is 0 Å². The van der Waals surface area contributed by atoms with Gasteiger partial charge in [-0.3, -0.25) is 0 Å². The lowest BCUT2D eigenvalue weighted by Crippen LogP contribution is -2.42. The van der Waals surface area contributed by atoms with Gasteiger partial charge in [-0.05, 0) is 19.3 Å². The Balaban J connectivity index is 2.17. The maximum Gasteiger partial charge on any atom is 0.0895 e. The summed E-state index contributed by atoms with van der Waals surface area (Å²) in [6.07, 6.45) is 2.76. The van der Waals surface area contributed by atoms with Crippen LogP contribution in [-0.2, 0) is 4.74 Å². The van der Waals surface area contributed by atoms with Crippen LogP contribution in [0.15, 0.2) is 0 Å². The number of aliphatic hydroxyl groups is 2. The van der Waals surface area contributed by atoms with Crippen LogP contribution in [0.3, 0.4) is 0 Å². The van der Waals surface area contributed by atoms with E-state index in [0.717, 1.165) is 25.9 Å². The van der Waals surface area contributed by atoms with Crippen LogP contribution in [0, 0.1) is 0 Å². The van der Waals surface area contributed by atoms with Crippen LogP contribution in [0.5, 0.6) is 0 Å². The summed E-state index contributed by atoms with van der Waals surface area (Å²) in [7, 11) is 0. The van der Waals surface area contributed by atoms with Gasteiger partial charge in [0.05, 0.1) is 18.8 Å². The first-order valence-electron chi connectivity index (χ1n) is 5.40. The molecule has 1 saturated heterocycles. The quantitative estimate of drug-likeness (QED) is 0.583. The molecule has 14 heavy (non-hydrogen) atoms. The van der Waals surface area contributed by atoms with Crippen molar-refractivity contribution in [1.29, 1.82) is 0 Å². The summed E-state index contributed by atoms with van der Waals surface area (Å²) < 4.78 is 5.54. The lowest BCUT2D eigenvalue weighted by molar-refractivity contribution is -0.00331. The molecule has 0 aromatic carbocycles. The molecule has 1 heterocycles. The zero-order valence-corrected chi connectivity index (χ0v) is 8.78. The van der Waals surface area contributed by atoms with Gasteiger partial charge >= 0.3 is 0 Å². The fraction of sp³-hybridized carbons (Fsp3) is 1.00. The molecule has 0 saturated carbocycles. The first-order chi connectivity index (χ1) is 6.76. The molecule has 0 aromatic rings. The second-order valence-electron chi connectivity index (χ2n) is 3.87. The van der Waals surface area contributed by atoms with Gasteiger partial charge in [-0.1, -0.05) is 6.92 Å². The number of aliphatic hydroxyl groups excluding tert-OH is 2. The summed E-state index contributed by atoms with van der Waals surface area (Å²) in [5.41, 5.74) is 0. The second kappa shape index (κ2) is 6.35. The van der Waals surface area contributed by atoms with Crippen molar-refractivity contribution in [3.63, 3.8) is 0 Å². The maximum absolute atomic E-state index is 9.17. The number of hydrogen-bond donors (Lipinski definition) is 3. The minimum atomic E-state index is -0.641. The summed E-state index contributed by atoms with van der Waals surface area (Å²) >= 11 is 0. The van der Waals surface area contributed by atoms with E-state index >= 15 is 0 Å². The minimum Gasteiger partial charge on any atom is -0.394 e. The monoisotopic (exact) mass is 203 g/mol. The highest BCUT2D eigenvalue weighted by molar-refractivity contribution is 4.77. The van der Waals surface area contributed by atoms with E-state index in [1.165, 1.54) is 0 Å². The largest absolute Gasteiger partial charge is 0.394 e. The summed E-state index contributed by atoms with van der Waals surface area (Å²) in [4.78, 5) is 0. The van der Waals surface area contributed by atoms with Gasteiger partial charge in [-0.15, -0.1) is 0 Å². The van der Waals surface area contributed by atoms with Gasteiger partial charge in [-0.2, -0.15) is 0 Å². The summed E-state index contributed by atoms with van der Waals surface area (Å²) in [6, 6.07) is 0.426. The zero-order chi connectivity index (χ0) is 10.4. The third-order valence-corrected chi connectivity index (χ3v) is 2.68. The Morgan fingerprint density at radius 3 is 3.00 bits per heavy atom. The van der Waals surface area contributed by atoms with Crippen LogP contribution < -0.4 is 5.32 Å². The molecule has 0 spiro atoms. The molecule has 1 fully saturated rings. The molecule has 4 nitrogen and oxygen atoms in total. The average molecular weight is 203 g/mol. The number of nitrogens with one attached hydrogen (secondary N) is 1. The van der Waals surface area contributed by atoms with Gasteiger partial charge in [0, 0.05) is 19.2 Å². The Kier molecular flexibility index (Phi) is 5.40. The number of rotatable bonds is 5. The van der Waals surface area contributed by atoms with Crippen molar-refractivity contribution in [2.45, 2.75) is 44.4 Å². The fourth-order valence-corrected chi connectivity index (χ4v) is 1.72. The van der Waals surface area contributed by atoms with Gasteiger partial charge in [0.25, 0.3) is 0 Å². The molecular formula is C10H21NO3. The van der Waals surface area contributed by atoms with Gasteiger partial charge in [0.2, 0.25) is 0 Å². The first kappa shape index (κ1) is 11.9. The van der Waals surface area contributed by atoms with Gasteiger partial charge in [0.15, 0.2) is 0 Å². The molecule has 0 aromatic heterocycles. The molecule has 0 bridgehead atoms. The van der Waals surface area contributed by atoms with E-state index in [-0.39, 0.29) is 6.61 Å². The van der Waals surface area contributed by atoms with Crippen molar-refractivity contribution < 1.29 is 14.9 Å². The average Bonchev–Trinajstić information content (AvgIpc) is 2.26. The highest BCUT2D eigenvalue weighted by atomic mass is 16.5. The van der Waals surface area contributed by atoms with Crippen molar-refractivity contribution in [3.05, 3.63) is 0 Å². The standard InChI is InChI=1S/C10H21NO3/c1-2-10-5-8(3-4-14-10)11-6-9(13)7-12/h8-13H,2-7H2,1H3. The molecule has 3 atom stereocenters. The summed E-state index contributed by atoms with van der Waals surface area (Å²) in [5, 5.41) is 21.1. The van der Waals surface area contributed by atoms with E-state index < -0.39 is 6.10 Å². The van der Waals surface area contributed by atoms with Crippen molar-refractivity contribution in [2.75, 3.05) is 19.8 Å². The van der Waals surface area contributed by atoms with Crippen LogP contribution in [0.1, 0.15) is 26.2 Å². The van der Waals surface area contributed by atoms with Crippen molar-refractivity contribution in [2.24, 2.45) is 0 Å². The van der Waals surface area contributed by atoms with E-state index in [0.29, 0.717) is 18.7 Å². The molecule has 84 valence electrons. The predicted octanol–water partition coefficient (Wildman–Crippen LogP) is -0.113. The van der Waals surface area contributed by atoms with Crippen LogP contribution >= 0.6 is 0 Å². The third-order valence-electron chi connectivity index (χ3n) is 2.68. The Morgan fingerprint density at radius 2 is 2.36 bits per heavy atom. The molecule has 1 rings (SSSR count). The Bertz CT molecular complexity index is 154. The molecule has 0 radical (unpaired) electrons. The summed E-state index contributed by atoms with van der Waals surface area (Å²) in [6.45, 7) is 3.21. The predicted molar refractivity (Wildman–Crippen MR) is 54.1 cm³/mol. The lowest BCUT2D eigenvalue weighted by atomic mass is 10.0. The summed E-state index contributed by atoms with van der Waals surface area (Å²) in [5.74, 6) is 0. The normalized spacial score (nSPS) is 30.2. The molecule has 0 aliphatic carbocycles. The number of hydrogen-bond acceptors (Lipinski definition) is 4. The van der Waals surface area contributed by atoms with Gasteiger partial charge in [-0.25, -0.2) is 0 Å². The molecule has 3 N–H and O–H groups in total. The van der Waals surface area contributed by atoms with Gasteiger partial charge < -0.3 is 20.3 Å². The van der Waals surface area contributed by atoms with Crippen molar-refractivity contribution in [3.8, 4) is 0 Å². The maximum atomic E-state index is 9.17. The zero-order valence-electron chi connectivity index (χ0n) is 8.78. The lowest BCUT2D eigenvalue weighted by Gasteiger charge is -2.30. The van der Waals surface area contributed by atoms with E-state index in [4.69, 9.17) is 14.9 Å².